The van der Waals surface area contributed by atoms with E-state index in [4.69, 9.17) is 0 Å². The van der Waals surface area contributed by atoms with Gasteiger partial charge in [-0.15, -0.1) is 0 Å². The van der Waals surface area contributed by atoms with Crippen LogP contribution in [-0.2, 0) is 21.4 Å². The number of carbonyl (C=O) groups excluding carboxylic acids is 1. The van der Waals surface area contributed by atoms with E-state index in [1.807, 2.05) is 4.57 Å². The van der Waals surface area contributed by atoms with Gasteiger partial charge in [0.15, 0.2) is 5.16 Å². The average molecular weight is 497 g/mol. The van der Waals surface area contributed by atoms with Crippen LogP contribution in [0.2, 0.25) is 0 Å². The van der Waals surface area contributed by atoms with Crippen molar-refractivity contribution in [2.24, 2.45) is 0 Å². The minimum absolute atomic E-state index is 0.129. The number of rotatable bonds is 9. The van der Waals surface area contributed by atoms with Crippen molar-refractivity contribution in [3.8, 4) is 0 Å². The van der Waals surface area contributed by atoms with E-state index < -0.39 is 32.8 Å². The lowest BCUT2D eigenvalue weighted by molar-refractivity contribution is -0.115. The molecule has 0 bridgehead atoms. The summed E-state index contributed by atoms with van der Waals surface area (Å²) >= 11 is 1.17. The van der Waals surface area contributed by atoms with Gasteiger partial charge < -0.3 is 9.88 Å². The number of benzene rings is 2. The van der Waals surface area contributed by atoms with Crippen LogP contribution in [0.25, 0.3) is 11.0 Å². The Morgan fingerprint density at radius 2 is 1.94 bits per heavy atom. The third-order valence-electron chi connectivity index (χ3n) is 5.04. The highest BCUT2D eigenvalue weighted by molar-refractivity contribution is 8.00. The summed E-state index contributed by atoms with van der Waals surface area (Å²) in [7, 11) is -0.699. The summed E-state index contributed by atoms with van der Waals surface area (Å²) in [4.78, 5) is 17.4. The van der Waals surface area contributed by atoms with Crippen molar-refractivity contribution in [3.63, 3.8) is 0 Å². The average Bonchev–Trinajstić information content (AvgIpc) is 3.10. The molecule has 0 saturated carbocycles. The molecule has 0 aliphatic heterocycles. The zero-order valence-electron chi connectivity index (χ0n) is 18.8. The number of aromatic nitrogens is 2. The molecule has 3 rings (SSSR count). The molecule has 2 aromatic carbocycles. The number of hydrogen-bond donors (Lipinski definition) is 1. The van der Waals surface area contributed by atoms with E-state index in [0.29, 0.717) is 17.2 Å². The number of anilines is 1. The molecule has 7 nitrogen and oxygen atoms in total. The zero-order chi connectivity index (χ0) is 24.3. The van der Waals surface area contributed by atoms with Crippen LogP contribution >= 0.6 is 11.8 Å². The van der Waals surface area contributed by atoms with Crippen LogP contribution in [0.15, 0.2) is 46.5 Å². The Kier molecular flexibility index (Phi) is 7.76. The minimum atomic E-state index is -3.62. The number of amides is 1. The number of imidazole rings is 1. The van der Waals surface area contributed by atoms with Crippen LogP contribution in [0.3, 0.4) is 0 Å². The van der Waals surface area contributed by atoms with Gasteiger partial charge in [-0.25, -0.2) is 26.5 Å². The molecule has 0 spiro atoms. The fraction of sp³-hybridized carbons (Fsp3) is 0.364. The highest BCUT2D eigenvalue weighted by Crippen LogP contribution is 2.30. The molecule has 1 amide bonds. The van der Waals surface area contributed by atoms with E-state index in [1.165, 1.54) is 31.9 Å². The van der Waals surface area contributed by atoms with Crippen molar-refractivity contribution in [1.82, 2.24) is 13.9 Å². The molecule has 178 valence electrons. The third kappa shape index (κ3) is 5.53. The quantitative estimate of drug-likeness (QED) is 0.442. The highest BCUT2D eigenvalue weighted by atomic mass is 32.2. The van der Waals surface area contributed by atoms with E-state index in [2.05, 4.69) is 17.2 Å². The predicted octanol–water partition coefficient (Wildman–Crippen LogP) is 4.48. The van der Waals surface area contributed by atoms with Crippen LogP contribution in [0, 0.1) is 11.6 Å². The summed E-state index contributed by atoms with van der Waals surface area (Å²) in [5.74, 6) is -1.89. The van der Waals surface area contributed by atoms with Crippen LogP contribution in [0.5, 0.6) is 0 Å². The summed E-state index contributed by atoms with van der Waals surface area (Å²) in [5, 5.41) is 2.28. The number of nitrogens with zero attached hydrogens (tertiary/aromatic N) is 3. The van der Waals surface area contributed by atoms with Crippen LogP contribution in [0.1, 0.15) is 26.7 Å². The lowest BCUT2D eigenvalue weighted by Crippen LogP contribution is -2.23. The first kappa shape index (κ1) is 25.1. The summed E-state index contributed by atoms with van der Waals surface area (Å²) < 4.78 is 55.4. The Morgan fingerprint density at radius 3 is 2.61 bits per heavy atom. The number of carbonyl (C=O) groups is 1. The molecule has 1 N–H and O–H groups in total. The molecule has 0 saturated heterocycles. The van der Waals surface area contributed by atoms with Gasteiger partial charge in [-0.05, 0) is 43.7 Å². The first-order valence-electron chi connectivity index (χ1n) is 10.4. The van der Waals surface area contributed by atoms with E-state index in [-0.39, 0.29) is 10.6 Å². The minimum Gasteiger partial charge on any atom is -0.323 e. The van der Waals surface area contributed by atoms with Crippen LogP contribution in [0.4, 0.5) is 14.5 Å². The standard InChI is InChI=1S/C22H26F2N4O3S2/c1-5-6-11-28-20-10-8-16(33(30,31)27(3)4)13-19(20)26-22(28)32-14(2)21(29)25-18-12-15(23)7-9-17(18)24/h7-10,12-14H,5-6,11H2,1-4H3,(H,25,29). The van der Waals surface area contributed by atoms with Gasteiger partial charge in [0.05, 0.1) is 26.9 Å². The van der Waals surface area contributed by atoms with Crippen molar-refractivity contribution < 1.29 is 22.0 Å². The molecular formula is C22H26F2N4O3S2. The molecule has 33 heavy (non-hydrogen) atoms. The van der Waals surface area contributed by atoms with Gasteiger partial charge in [0.1, 0.15) is 11.6 Å². The molecular weight excluding hydrogens is 470 g/mol. The van der Waals surface area contributed by atoms with E-state index in [1.54, 1.807) is 19.1 Å². The van der Waals surface area contributed by atoms with Gasteiger partial charge in [0, 0.05) is 26.7 Å². The number of unbranched alkanes of at least 4 members (excludes halogenated alkanes) is 1. The zero-order valence-corrected chi connectivity index (χ0v) is 20.4. The van der Waals surface area contributed by atoms with Gasteiger partial charge in [0.25, 0.3) is 0 Å². The molecule has 1 heterocycles. The number of nitrogens with one attached hydrogen (secondary N) is 1. The normalized spacial score (nSPS) is 12.9. The van der Waals surface area contributed by atoms with Gasteiger partial charge in [-0.2, -0.15) is 0 Å². The third-order valence-corrected chi connectivity index (χ3v) is 7.94. The topological polar surface area (TPSA) is 84.3 Å². The molecule has 0 radical (unpaired) electrons. The molecule has 0 aliphatic carbocycles. The summed E-state index contributed by atoms with van der Waals surface area (Å²) in [5.41, 5.74) is 1.03. The Morgan fingerprint density at radius 1 is 1.21 bits per heavy atom. The Labute approximate surface area is 196 Å². The van der Waals surface area contributed by atoms with Gasteiger partial charge >= 0.3 is 0 Å². The number of fused-ring (bicyclic) bond motifs is 1. The summed E-state index contributed by atoms with van der Waals surface area (Å²) in [6.07, 6.45) is 1.80. The monoisotopic (exact) mass is 496 g/mol. The second-order valence-electron chi connectivity index (χ2n) is 7.71. The molecule has 1 aromatic heterocycles. The maximum Gasteiger partial charge on any atom is 0.242 e. The number of sulfonamides is 1. The molecule has 11 heteroatoms. The second-order valence-corrected chi connectivity index (χ2v) is 11.2. The maximum absolute atomic E-state index is 13.9. The van der Waals surface area contributed by atoms with E-state index in [0.717, 1.165) is 40.9 Å². The van der Waals surface area contributed by atoms with Gasteiger partial charge in [-0.3, -0.25) is 4.79 Å². The van der Waals surface area contributed by atoms with Crippen molar-refractivity contribution in [1.29, 1.82) is 0 Å². The smallest absolute Gasteiger partial charge is 0.242 e. The lowest BCUT2D eigenvalue weighted by atomic mass is 10.3. The SMILES string of the molecule is CCCCn1c(SC(C)C(=O)Nc2cc(F)ccc2F)nc2cc(S(=O)(=O)N(C)C)ccc21. The number of thioether (sulfide) groups is 1. The maximum atomic E-state index is 13.9. The second kappa shape index (κ2) is 10.2. The van der Waals surface area contributed by atoms with Crippen molar-refractivity contribution in [2.75, 3.05) is 19.4 Å². The largest absolute Gasteiger partial charge is 0.323 e. The first-order valence-corrected chi connectivity index (χ1v) is 12.7. The number of halogens is 2. The molecule has 0 fully saturated rings. The molecule has 1 unspecified atom stereocenters. The Balaban J connectivity index is 1.91. The molecule has 1 atom stereocenters. The number of hydrogen-bond acceptors (Lipinski definition) is 5. The highest BCUT2D eigenvalue weighted by Gasteiger charge is 2.23. The van der Waals surface area contributed by atoms with E-state index in [9.17, 15) is 22.0 Å². The fourth-order valence-electron chi connectivity index (χ4n) is 3.12. The van der Waals surface area contributed by atoms with E-state index >= 15 is 0 Å². The van der Waals surface area contributed by atoms with Crippen LogP contribution in [-0.4, -0.2) is 47.5 Å². The first-order chi connectivity index (χ1) is 15.5. The van der Waals surface area contributed by atoms with Crippen molar-refractivity contribution in [2.45, 2.75) is 48.5 Å². The van der Waals surface area contributed by atoms with Gasteiger partial charge in [-0.1, -0.05) is 25.1 Å². The van der Waals surface area contributed by atoms with Crippen molar-refractivity contribution in [3.05, 3.63) is 48.0 Å². The Bertz CT molecular complexity index is 1280. The molecule has 3 aromatic rings. The number of aryl methyl sites for hydroxylation is 1. The van der Waals surface area contributed by atoms with Crippen LogP contribution < -0.4 is 5.32 Å². The molecule has 0 aliphatic rings. The Hall–Kier alpha value is -2.50. The van der Waals surface area contributed by atoms with Gasteiger partial charge in [0.2, 0.25) is 15.9 Å². The van der Waals surface area contributed by atoms with Crippen molar-refractivity contribution >= 4 is 44.4 Å². The summed E-state index contributed by atoms with van der Waals surface area (Å²) in [6.45, 7) is 4.34. The summed E-state index contributed by atoms with van der Waals surface area (Å²) in [6, 6.07) is 7.62. The fourth-order valence-corrected chi connectivity index (χ4v) is 4.99. The lowest BCUT2D eigenvalue weighted by Gasteiger charge is -2.14. The predicted molar refractivity (Wildman–Crippen MR) is 126 cm³/mol.